The average molecular weight is 402 g/mol. The summed E-state index contributed by atoms with van der Waals surface area (Å²) in [6, 6.07) is 3.36. The molecule has 1 saturated heterocycles. The molecule has 0 aromatic carbocycles. The first-order valence-corrected chi connectivity index (χ1v) is 8.81. The molecule has 116 valence electrons. The topological polar surface area (TPSA) is 62.7 Å². The standard InChI is InChI=1S/C13H12BrN3O3S2/c1-7-3-4-8(21-7)11(18)20-10-6-16(2)13(19)17(10)12-15-5-9(14)22-12/h3-5,10H,6H2,1-2H3. The Hall–Kier alpha value is -1.45. The second-order valence-electron chi connectivity index (χ2n) is 4.75. The molecule has 9 heteroatoms. The molecule has 1 aliphatic heterocycles. The molecular formula is C13H12BrN3O3S2. The normalized spacial score (nSPS) is 18.1. The molecule has 0 radical (unpaired) electrons. The Balaban J connectivity index is 1.82. The Morgan fingerprint density at radius 1 is 1.45 bits per heavy atom. The molecule has 2 aromatic heterocycles. The average Bonchev–Trinajstić information content (AvgIpc) is 3.13. The van der Waals surface area contributed by atoms with Crippen molar-refractivity contribution in [3.05, 3.63) is 31.9 Å². The van der Waals surface area contributed by atoms with Crippen molar-refractivity contribution in [2.24, 2.45) is 0 Å². The third kappa shape index (κ3) is 2.88. The molecule has 0 spiro atoms. The number of nitrogens with zero attached hydrogens (tertiary/aromatic N) is 3. The van der Waals surface area contributed by atoms with Gasteiger partial charge in [0.25, 0.3) is 0 Å². The van der Waals surface area contributed by atoms with Crippen molar-refractivity contribution in [1.29, 1.82) is 0 Å². The number of esters is 1. The quantitative estimate of drug-likeness (QED) is 0.739. The first kappa shape index (κ1) is 15.4. The van der Waals surface area contributed by atoms with Gasteiger partial charge in [0.15, 0.2) is 5.13 Å². The molecule has 0 aliphatic carbocycles. The van der Waals surface area contributed by atoms with Crippen LogP contribution in [0, 0.1) is 6.92 Å². The van der Waals surface area contributed by atoms with Gasteiger partial charge in [-0.05, 0) is 35.0 Å². The van der Waals surface area contributed by atoms with Gasteiger partial charge in [0.1, 0.15) is 4.88 Å². The molecule has 1 atom stereocenters. The number of ether oxygens (including phenoxy) is 1. The van der Waals surface area contributed by atoms with Crippen molar-refractivity contribution < 1.29 is 14.3 Å². The summed E-state index contributed by atoms with van der Waals surface area (Å²) in [7, 11) is 1.67. The summed E-state index contributed by atoms with van der Waals surface area (Å²) in [6.45, 7) is 2.24. The number of aromatic nitrogens is 1. The zero-order valence-corrected chi connectivity index (χ0v) is 15.0. The van der Waals surface area contributed by atoms with E-state index < -0.39 is 12.2 Å². The second-order valence-corrected chi connectivity index (χ2v) is 8.43. The molecule has 1 unspecified atom stereocenters. The van der Waals surface area contributed by atoms with Crippen LogP contribution in [0.15, 0.2) is 22.1 Å². The maximum Gasteiger partial charge on any atom is 0.350 e. The molecule has 0 bridgehead atoms. The van der Waals surface area contributed by atoms with E-state index in [1.54, 1.807) is 19.3 Å². The Kier molecular flexibility index (Phi) is 4.20. The number of hydrogen-bond donors (Lipinski definition) is 0. The molecule has 6 nitrogen and oxygen atoms in total. The highest BCUT2D eigenvalue weighted by Crippen LogP contribution is 2.32. The fourth-order valence-corrected chi connectivity index (χ4v) is 4.05. The van der Waals surface area contributed by atoms with Crippen molar-refractivity contribution in [2.75, 3.05) is 18.5 Å². The number of carbonyl (C=O) groups excluding carboxylic acids is 2. The van der Waals surface area contributed by atoms with E-state index in [2.05, 4.69) is 20.9 Å². The SMILES string of the molecule is Cc1ccc(C(=O)OC2CN(C)C(=O)N2c2ncc(Br)s2)s1. The van der Waals surface area contributed by atoms with Crippen molar-refractivity contribution in [1.82, 2.24) is 9.88 Å². The molecule has 0 saturated carbocycles. The number of thiazole rings is 1. The van der Waals surface area contributed by atoms with Crippen LogP contribution in [0.25, 0.3) is 0 Å². The number of rotatable bonds is 3. The van der Waals surface area contributed by atoms with Gasteiger partial charge in [-0.15, -0.1) is 11.3 Å². The highest BCUT2D eigenvalue weighted by Gasteiger charge is 2.40. The summed E-state index contributed by atoms with van der Waals surface area (Å²) in [5, 5.41) is 0.501. The zero-order chi connectivity index (χ0) is 15.9. The lowest BCUT2D eigenvalue weighted by molar-refractivity contribution is 0.0337. The van der Waals surface area contributed by atoms with Crippen LogP contribution in [0.4, 0.5) is 9.93 Å². The van der Waals surface area contributed by atoms with E-state index in [1.165, 1.54) is 32.5 Å². The second kappa shape index (κ2) is 5.98. The molecule has 3 heterocycles. The lowest BCUT2D eigenvalue weighted by Gasteiger charge is -2.19. The first-order valence-electron chi connectivity index (χ1n) is 6.39. The summed E-state index contributed by atoms with van der Waals surface area (Å²) in [4.78, 5) is 33.1. The number of anilines is 1. The van der Waals surface area contributed by atoms with E-state index >= 15 is 0 Å². The summed E-state index contributed by atoms with van der Waals surface area (Å²) < 4.78 is 6.32. The van der Waals surface area contributed by atoms with Crippen molar-refractivity contribution in [3.63, 3.8) is 0 Å². The van der Waals surface area contributed by atoms with Crippen LogP contribution < -0.4 is 4.90 Å². The molecule has 2 amide bonds. The third-order valence-electron chi connectivity index (χ3n) is 3.11. The molecule has 22 heavy (non-hydrogen) atoms. The summed E-state index contributed by atoms with van der Waals surface area (Å²) in [5.41, 5.74) is 0. The van der Waals surface area contributed by atoms with Crippen LogP contribution in [0.1, 0.15) is 14.5 Å². The number of thiophene rings is 1. The molecule has 1 fully saturated rings. The van der Waals surface area contributed by atoms with Crippen molar-refractivity contribution >= 4 is 55.7 Å². The van der Waals surface area contributed by atoms with E-state index in [0.717, 1.165) is 8.66 Å². The van der Waals surface area contributed by atoms with Crippen LogP contribution in [0.3, 0.4) is 0 Å². The van der Waals surface area contributed by atoms with Gasteiger partial charge in [-0.2, -0.15) is 0 Å². The highest BCUT2D eigenvalue weighted by atomic mass is 79.9. The van der Waals surface area contributed by atoms with Crippen molar-refractivity contribution in [2.45, 2.75) is 13.2 Å². The lowest BCUT2D eigenvalue weighted by Crippen LogP contribution is -2.37. The van der Waals surface area contributed by atoms with Crippen molar-refractivity contribution in [3.8, 4) is 0 Å². The van der Waals surface area contributed by atoms with E-state index in [4.69, 9.17) is 4.74 Å². The number of halogens is 1. The van der Waals surface area contributed by atoms with Crippen LogP contribution >= 0.6 is 38.6 Å². The Morgan fingerprint density at radius 2 is 2.23 bits per heavy atom. The highest BCUT2D eigenvalue weighted by molar-refractivity contribution is 9.11. The fraction of sp³-hybridized carbons (Fsp3) is 0.308. The minimum absolute atomic E-state index is 0.234. The molecule has 2 aromatic rings. The van der Waals surface area contributed by atoms with Crippen LogP contribution in [0.5, 0.6) is 0 Å². The lowest BCUT2D eigenvalue weighted by atomic mass is 10.4. The van der Waals surface area contributed by atoms with Gasteiger partial charge in [0, 0.05) is 11.9 Å². The van der Waals surface area contributed by atoms with Crippen LogP contribution in [0.2, 0.25) is 0 Å². The minimum atomic E-state index is -0.676. The number of aryl methyl sites for hydroxylation is 1. The zero-order valence-electron chi connectivity index (χ0n) is 11.8. The Bertz CT molecular complexity index is 730. The number of carbonyl (C=O) groups is 2. The van der Waals surface area contributed by atoms with Gasteiger partial charge in [-0.25, -0.2) is 19.5 Å². The van der Waals surface area contributed by atoms with Gasteiger partial charge in [0.2, 0.25) is 6.23 Å². The van der Waals surface area contributed by atoms with E-state index in [0.29, 0.717) is 16.6 Å². The smallest absolute Gasteiger partial charge is 0.350 e. The number of amides is 2. The molecule has 3 rings (SSSR count). The number of hydrogen-bond acceptors (Lipinski definition) is 6. The van der Waals surface area contributed by atoms with Gasteiger partial charge < -0.3 is 9.64 Å². The summed E-state index contributed by atoms with van der Waals surface area (Å²) in [5.74, 6) is -0.424. The Labute approximate surface area is 143 Å². The van der Waals surface area contributed by atoms with E-state index in [1.807, 2.05) is 13.0 Å². The summed E-state index contributed by atoms with van der Waals surface area (Å²) >= 11 is 6.01. The molecule has 0 N–H and O–H groups in total. The number of urea groups is 1. The maximum absolute atomic E-state index is 12.3. The maximum atomic E-state index is 12.3. The van der Waals surface area contributed by atoms with Crippen LogP contribution in [-0.4, -0.2) is 41.7 Å². The predicted octanol–water partition coefficient (Wildman–Crippen LogP) is 3.33. The molecular weight excluding hydrogens is 390 g/mol. The van der Waals surface area contributed by atoms with E-state index in [-0.39, 0.29) is 6.03 Å². The predicted molar refractivity (Wildman–Crippen MR) is 88.6 cm³/mol. The Morgan fingerprint density at radius 3 is 2.82 bits per heavy atom. The third-order valence-corrected chi connectivity index (χ3v) is 5.56. The summed E-state index contributed by atoms with van der Waals surface area (Å²) in [6.07, 6.45) is 0.943. The first-order chi connectivity index (χ1) is 10.5. The van der Waals surface area contributed by atoms with Gasteiger partial charge in [0.05, 0.1) is 16.5 Å². The van der Waals surface area contributed by atoms with Gasteiger partial charge in [-0.3, -0.25) is 0 Å². The fourth-order valence-electron chi connectivity index (χ4n) is 2.08. The van der Waals surface area contributed by atoms with Crippen LogP contribution in [-0.2, 0) is 4.74 Å². The van der Waals surface area contributed by atoms with Gasteiger partial charge in [-0.1, -0.05) is 11.3 Å². The number of likely N-dealkylation sites (N-methyl/N-ethyl adjacent to an activating group) is 1. The van der Waals surface area contributed by atoms with E-state index in [9.17, 15) is 9.59 Å². The minimum Gasteiger partial charge on any atom is -0.435 e. The van der Waals surface area contributed by atoms with Gasteiger partial charge >= 0.3 is 12.0 Å². The molecule has 1 aliphatic rings. The largest absolute Gasteiger partial charge is 0.435 e. The monoisotopic (exact) mass is 401 g/mol.